The van der Waals surface area contributed by atoms with Gasteiger partial charge in [-0.3, -0.25) is 24.3 Å². The molecule has 1 aliphatic heterocycles. The van der Waals surface area contributed by atoms with Crippen LogP contribution in [0.15, 0.2) is 47.6 Å². The van der Waals surface area contributed by atoms with Gasteiger partial charge in [-0.15, -0.1) is 0 Å². The van der Waals surface area contributed by atoms with Gasteiger partial charge in [0.2, 0.25) is 0 Å². The topological polar surface area (TPSA) is 95.0 Å². The SMILES string of the molecule is CC[C@H](C)OC(=O)CN1C(=O)S/C(=C/c2ccc(OCc3ccncc3)c(OC)c2)C1=O. The highest BCUT2D eigenvalue weighted by atomic mass is 32.2. The maximum atomic E-state index is 12.6. The summed E-state index contributed by atoms with van der Waals surface area (Å²) in [7, 11) is 1.52. The van der Waals surface area contributed by atoms with Gasteiger partial charge in [0.1, 0.15) is 13.2 Å². The Bertz CT molecular complexity index is 1020. The van der Waals surface area contributed by atoms with Crippen LogP contribution in [-0.4, -0.2) is 46.8 Å². The Morgan fingerprint density at radius 3 is 2.62 bits per heavy atom. The highest BCUT2D eigenvalue weighted by Gasteiger charge is 2.36. The van der Waals surface area contributed by atoms with Crippen molar-refractivity contribution in [3.05, 3.63) is 58.8 Å². The number of aromatic nitrogens is 1. The van der Waals surface area contributed by atoms with Crippen LogP contribution in [-0.2, 0) is 20.9 Å². The van der Waals surface area contributed by atoms with E-state index >= 15 is 0 Å². The normalized spacial score (nSPS) is 15.7. The molecule has 32 heavy (non-hydrogen) atoms. The standard InChI is InChI=1S/C23H24N2O6S/c1-4-15(2)31-21(26)13-25-22(27)20(32-23(25)28)12-17-5-6-18(19(11-17)29-3)30-14-16-7-9-24-10-8-16/h5-12,15H,4,13-14H2,1-3H3/b20-12+/t15-/m0/s1. The molecule has 2 heterocycles. The summed E-state index contributed by atoms with van der Waals surface area (Å²) in [5.41, 5.74) is 1.62. The van der Waals surface area contributed by atoms with E-state index in [9.17, 15) is 14.4 Å². The summed E-state index contributed by atoms with van der Waals surface area (Å²) >= 11 is 0.781. The van der Waals surface area contributed by atoms with Gasteiger partial charge in [0.05, 0.1) is 18.1 Å². The molecule has 0 unspecified atom stereocenters. The lowest BCUT2D eigenvalue weighted by atomic mass is 10.2. The average Bonchev–Trinajstić information content (AvgIpc) is 3.05. The Labute approximate surface area is 190 Å². The summed E-state index contributed by atoms with van der Waals surface area (Å²) < 4.78 is 16.4. The van der Waals surface area contributed by atoms with Crippen LogP contribution >= 0.6 is 11.8 Å². The molecule has 1 aromatic carbocycles. The summed E-state index contributed by atoms with van der Waals surface area (Å²) in [4.78, 5) is 41.9. The number of hydrogen-bond acceptors (Lipinski definition) is 8. The Morgan fingerprint density at radius 2 is 1.94 bits per heavy atom. The number of carbonyl (C=O) groups excluding carboxylic acids is 3. The summed E-state index contributed by atoms with van der Waals surface area (Å²) in [6.45, 7) is 3.58. The summed E-state index contributed by atoms with van der Waals surface area (Å²) in [6.07, 6.45) is 5.34. The van der Waals surface area contributed by atoms with E-state index < -0.39 is 23.7 Å². The quantitative estimate of drug-likeness (QED) is 0.412. The molecule has 1 saturated heterocycles. The van der Waals surface area contributed by atoms with Gasteiger partial charge in [0.25, 0.3) is 11.1 Å². The number of rotatable bonds is 9. The predicted molar refractivity (Wildman–Crippen MR) is 120 cm³/mol. The van der Waals surface area contributed by atoms with Gasteiger partial charge in [-0.2, -0.15) is 0 Å². The van der Waals surface area contributed by atoms with Crippen molar-refractivity contribution in [3.63, 3.8) is 0 Å². The first-order valence-corrected chi connectivity index (χ1v) is 10.9. The van der Waals surface area contributed by atoms with Gasteiger partial charge in [0.15, 0.2) is 11.5 Å². The van der Waals surface area contributed by atoms with Crippen molar-refractivity contribution in [2.75, 3.05) is 13.7 Å². The number of benzene rings is 1. The molecule has 9 heteroatoms. The van der Waals surface area contributed by atoms with Crippen molar-refractivity contribution in [1.82, 2.24) is 9.88 Å². The van der Waals surface area contributed by atoms with Crippen molar-refractivity contribution >= 4 is 35.0 Å². The number of methoxy groups -OCH3 is 1. The molecule has 0 aliphatic carbocycles. The van der Waals surface area contributed by atoms with Gasteiger partial charge in [-0.1, -0.05) is 13.0 Å². The lowest BCUT2D eigenvalue weighted by molar-refractivity contribution is -0.150. The molecule has 168 valence electrons. The second-order valence-electron chi connectivity index (χ2n) is 7.03. The number of pyridine rings is 1. The number of thioether (sulfide) groups is 1. The van der Waals surface area contributed by atoms with E-state index in [0.717, 1.165) is 22.2 Å². The van der Waals surface area contributed by atoms with Crippen LogP contribution < -0.4 is 9.47 Å². The number of carbonyl (C=O) groups is 3. The van der Waals surface area contributed by atoms with Crippen LogP contribution in [0.5, 0.6) is 11.5 Å². The summed E-state index contributed by atoms with van der Waals surface area (Å²) in [5, 5.41) is -0.508. The molecule has 2 aromatic rings. The fourth-order valence-corrected chi connectivity index (χ4v) is 3.63. The molecular weight excluding hydrogens is 432 g/mol. The minimum atomic E-state index is -0.611. The first-order chi connectivity index (χ1) is 15.4. The van der Waals surface area contributed by atoms with Crippen LogP contribution in [0.3, 0.4) is 0 Å². The van der Waals surface area contributed by atoms with E-state index in [-0.39, 0.29) is 11.0 Å². The molecule has 1 aromatic heterocycles. The lowest BCUT2D eigenvalue weighted by Gasteiger charge is -2.14. The number of imide groups is 1. The summed E-state index contributed by atoms with van der Waals surface area (Å²) in [6, 6.07) is 8.92. The molecule has 3 rings (SSSR count). The highest BCUT2D eigenvalue weighted by molar-refractivity contribution is 8.18. The first-order valence-electron chi connectivity index (χ1n) is 10.1. The van der Waals surface area contributed by atoms with E-state index in [1.807, 2.05) is 19.1 Å². The molecule has 0 spiro atoms. The zero-order chi connectivity index (χ0) is 23.1. The number of ether oxygens (including phenoxy) is 3. The van der Waals surface area contributed by atoms with Crippen molar-refractivity contribution in [3.8, 4) is 11.5 Å². The third-order valence-corrected chi connectivity index (χ3v) is 5.60. The van der Waals surface area contributed by atoms with Gasteiger partial charge >= 0.3 is 5.97 Å². The molecular formula is C23H24N2O6S. The average molecular weight is 457 g/mol. The number of esters is 1. The number of hydrogen-bond donors (Lipinski definition) is 0. The van der Waals surface area contributed by atoms with E-state index in [1.165, 1.54) is 7.11 Å². The summed E-state index contributed by atoms with van der Waals surface area (Å²) in [5.74, 6) is -0.107. The van der Waals surface area contributed by atoms with E-state index in [2.05, 4.69) is 4.98 Å². The van der Waals surface area contributed by atoms with Gasteiger partial charge in [0, 0.05) is 12.4 Å². The minimum absolute atomic E-state index is 0.221. The fraction of sp³-hybridized carbons (Fsp3) is 0.304. The Balaban J connectivity index is 1.70. The van der Waals surface area contributed by atoms with Crippen LogP contribution in [0, 0.1) is 0 Å². The van der Waals surface area contributed by atoms with Crippen LogP contribution in [0.4, 0.5) is 4.79 Å². The van der Waals surface area contributed by atoms with Crippen LogP contribution in [0.25, 0.3) is 6.08 Å². The van der Waals surface area contributed by atoms with E-state index in [4.69, 9.17) is 14.2 Å². The van der Waals surface area contributed by atoms with Gasteiger partial charge in [-0.05, 0) is 66.6 Å². The molecule has 1 fully saturated rings. The van der Waals surface area contributed by atoms with E-state index in [1.54, 1.807) is 43.6 Å². The van der Waals surface area contributed by atoms with Gasteiger partial charge in [-0.25, -0.2) is 0 Å². The second kappa shape index (κ2) is 10.8. The maximum Gasteiger partial charge on any atom is 0.326 e. The van der Waals surface area contributed by atoms with Crippen molar-refractivity contribution in [2.45, 2.75) is 33.0 Å². The monoisotopic (exact) mass is 456 g/mol. The molecule has 1 aliphatic rings. The molecule has 2 amide bonds. The van der Waals surface area contributed by atoms with Crippen LogP contribution in [0.1, 0.15) is 31.4 Å². The Kier molecular flexibility index (Phi) is 7.88. The zero-order valence-electron chi connectivity index (χ0n) is 18.1. The lowest BCUT2D eigenvalue weighted by Crippen LogP contribution is -2.35. The smallest absolute Gasteiger partial charge is 0.326 e. The largest absolute Gasteiger partial charge is 0.493 e. The first kappa shape index (κ1) is 23.3. The molecule has 0 saturated carbocycles. The Hall–Kier alpha value is -3.33. The Morgan fingerprint density at radius 1 is 1.19 bits per heavy atom. The van der Waals surface area contributed by atoms with Gasteiger partial charge < -0.3 is 14.2 Å². The van der Waals surface area contributed by atoms with Crippen LogP contribution in [0.2, 0.25) is 0 Å². The van der Waals surface area contributed by atoms with Crippen molar-refractivity contribution in [2.24, 2.45) is 0 Å². The molecule has 0 radical (unpaired) electrons. The third-order valence-electron chi connectivity index (χ3n) is 4.70. The maximum absolute atomic E-state index is 12.6. The number of nitrogens with zero attached hydrogens (tertiary/aromatic N) is 2. The van der Waals surface area contributed by atoms with E-state index in [0.29, 0.717) is 30.1 Å². The molecule has 0 bridgehead atoms. The van der Waals surface area contributed by atoms with Crippen molar-refractivity contribution in [1.29, 1.82) is 0 Å². The zero-order valence-corrected chi connectivity index (χ0v) is 18.9. The fourth-order valence-electron chi connectivity index (χ4n) is 2.80. The number of amides is 2. The predicted octanol–water partition coefficient (Wildman–Crippen LogP) is 4.05. The molecule has 8 nitrogen and oxygen atoms in total. The van der Waals surface area contributed by atoms with Crippen molar-refractivity contribution < 1.29 is 28.6 Å². The second-order valence-corrected chi connectivity index (χ2v) is 8.02. The molecule has 0 N–H and O–H groups in total. The minimum Gasteiger partial charge on any atom is -0.493 e. The third kappa shape index (κ3) is 5.88. The molecule has 1 atom stereocenters. The highest BCUT2D eigenvalue weighted by Crippen LogP contribution is 2.34.